The molecule has 0 aromatic rings. The molecule has 0 aliphatic carbocycles. The molecule has 0 aromatic carbocycles. The highest BCUT2D eigenvalue weighted by atomic mass is 19.4. The van der Waals surface area contributed by atoms with E-state index in [2.05, 4.69) is 4.84 Å². The lowest BCUT2D eigenvalue weighted by Crippen LogP contribution is -2.46. The smallest absolute Gasteiger partial charge is 0.302 e. The Kier molecular flexibility index (Phi) is 3.99. The van der Waals surface area contributed by atoms with E-state index in [9.17, 15) is 13.2 Å². The molecule has 5 heteroatoms. The predicted octanol–water partition coefficient (Wildman–Crippen LogP) is 2.07. The Labute approximate surface area is 70.3 Å². The van der Waals surface area contributed by atoms with E-state index < -0.39 is 18.1 Å². The molecule has 0 saturated heterocycles. The topological polar surface area (TPSA) is 12.5 Å². The number of halogens is 3. The molecule has 0 saturated carbocycles. The number of rotatable bonds is 3. The van der Waals surface area contributed by atoms with Gasteiger partial charge < -0.3 is 4.84 Å². The first-order chi connectivity index (χ1) is 5.30. The molecule has 0 aliphatic heterocycles. The van der Waals surface area contributed by atoms with Gasteiger partial charge in [0, 0.05) is 7.05 Å². The minimum Gasteiger partial charge on any atom is -0.302 e. The van der Waals surface area contributed by atoms with Crippen LogP contribution in [-0.4, -0.2) is 31.4 Å². The zero-order valence-electron chi connectivity index (χ0n) is 7.64. The lowest BCUT2D eigenvalue weighted by Gasteiger charge is -2.30. The van der Waals surface area contributed by atoms with Crippen LogP contribution < -0.4 is 0 Å². The molecule has 12 heavy (non-hydrogen) atoms. The van der Waals surface area contributed by atoms with Gasteiger partial charge in [-0.25, -0.2) is 0 Å². The van der Waals surface area contributed by atoms with Gasteiger partial charge in [0.05, 0.1) is 7.11 Å². The second kappa shape index (κ2) is 4.09. The molecule has 0 N–H and O–H groups in total. The third-order valence-electron chi connectivity index (χ3n) is 1.65. The summed E-state index contributed by atoms with van der Waals surface area (Å²) >= 11 is 0. The van der Waals surface area contributed by atoms with Crippen molar-refractivity contribution in [3.63, 3.8) is 0 Å². The molecular formula is C7H14F3NO. The molecule has 2 nitrogen and oxygen atoms in total. The molecular weight excluding hydrogens is 171 g/mol. The van der Waals surface area contributed by atoms with Gasteiger partial charge in [0.25, 0.3) is 0 Å². The molecule has 0 rings (SSSR count). The molecule has 74 valence electrons. The van der Waals surface area contributed by atoms with Gasteiger partial charge >= 0.3 is 6.18 Å². The van der Waals surface area contributed by atoms with Crippen molar-refractivity contribution in [2.75, 3.05) is 14.2 Å². The maximum Gasteiger partial charge on any atom is 0.406 e. The number of nitrogens with zero attached hydrogens (tertiary/aromatic N) is 1. The fourth-order valence-corrected chi connectivity index (χ4v) is 1.12. The average molecular weight is 185 g/mol. The van der Waals surface area contributed by atoms with Crippen LogP contribution in [0.25, 0.3) is 0 Å². The Morgan fingerprint density at radius 3 is 1.75 bits per heavy atom. The summed E-state index contributed by atoms with van der Waals surface area (Å²) in [4.78, 5) is 4.51. The monoisotopic (exact) mass is 185 g/mol. The summed E-state index contributed by atoms with van der Waals surface area (Å²) in [6, 6.07) is -1.54. The van der Waals surface area contributed by atoms with E-state index in [0.717, 1.165) is 5.06 Å². The van der Waals surface area contributed by atoms with Crippen LogP contribution in [0.4, 0.5) is 13.2 Å². The van der Waals surface area contributed by atoms with Crippen molar-refractivity contribution in [2.24, 2.45) is 5.92 Å². The summed E-state index contributed by atoms with van der Waals surface area (Å²) in [5, 5.41) is 0.824. The Morgan fingerprint density at radius 2 is 1.67 bits per heavy atom. The maximum atomic E-state index is 12.3. The highest BCUT2D eigenvalue weighted by molar-refractivity contribution is 4.75. The molecule has 0 spiro atoms. The molecule has 0 radical (unpaired) electrons. The Hall–Kier alpha value is -0.290. The maximum absolute atomic E-state index is 12.3. The molecule has 0 fully saturated rings. The zero-order chi connectivity index (χ0) is 9.94. The van der Waals surface area contributed by atoms with Crippen molar-refractivity contribution < 1.29 is 18.0 Å². The van der Waals surface area contributed by atoms with Crippen molar-refractivity contribution >= 4 is 0 Å². The van der Waals surface area contributed by atoms with E-state index in [0.29, 0.717) is 0 Å². The van der Waals surface area contributed by atoms with Gasteiger partial charge in [0.15, 0.2) is 0 Å². The van der Waals surface area contributed by atoms with E-state index in [1.165, 1.54) is 28.0 Å². The first-order valence-electron chi connectivity index (χ1n) is 3.64. The van der Waals surface area contributed by atoms with Crippen molar-refractivity contribution in [2.45, 2.75) is 26.1 Å². The Bertz CT molecular complexity index is 135. The lowest BCUT2D eigenvalue weighted by atomic mass is 10.0. The SMILES string of the molecule is CON(C)C(C(C)C)C(F)(F)F. The molecule has 0 aliphatic rings. The third kappa shape index (κ3) is 2.98. The van der Waals surface area contributed by atoms with E-state index in [1.807, 2.05) is 0 Å². The fourth-order valence-electron chi connectivity index (χ4n) is 1.12. The van der Waals surface area contributed by atoms with Crippen LogP contribution in [0.1, 0.15) is 13.8 Å². The molecule has 0 amide bonds. The molecule has 1 atom stereocenters. The summed E-state index contributed by atoms with van der Waals surface area (Å²) in [5.41, 5.74) is 0. The fraction of sp³-hybridized carbons (Fsp3) is 1.00. The first-order valence-corrected chi connectivity index (χ1v) is 3.64. The second-order valence-electron chi connectivity index (χ2n) is 2.96. The minimum atomic E-state index is -4.24. The van der Waals surface area contributed by atoms with Crippen LogP contribution >= 0.6 is 0 Å². The quantitative estimate of drug-likeness (QED) is 0.624. The largest absolute Gasteiger partial charge is 0.406 e. The number of hydrogen-bond donors (Lipinski definition) is 0. The van der Waals surface area contributed by atoms with Gasteiger partial charge in [-0.15, -0.1) is 0 Å². The highest BCUT2D eigenvalue weighted by Gasteiger charge is 2.44. The van der Waals surface area contributed by atoms with Crippen LogP contribution in [0.2, 0.25) is 0 Å². The standard InChI is InChI=1S/C7H14F3NO/c1-5(2)6(7(8,9)10)11(3)12-4/h5-6H,1-4H3. The van der Waals surface area contributed by atoms with Crippen LogP contribution in [0.3, 0.4) is 0 Å². The highest BCUT2D eigenvalue weighted by Crippen LogP contribution is 2.29. The number of hydroxylamine groups is 2. The van der Waals surface area contributed by atoms with E-state index in [4.69, 9.17) is 0 Å². The van der Waals surface area contributed by atoms with E-state index in [-0.39, 0.29) is 0 Å². The molecule has 0 aromatic heterocycles. The normalized spacial score (nSPS) is 15.8. The van der Waals surface area contributed by atoms with Gasteiger partial charge in [0.2, 0.25) is 0 Å². The van der Waals surface area contributed by atoms with Gasteiger partial charge in [-0.1, -0.05) is 13.8 Å². The summed E-state index contributed by atoms with van der Waals surface area (Å²) in [6.07, 6.45) is -4.24. The van der Waals surface area contributed by atoms with Crippen LogP contribution in [0.5, 0.6) is 0 Å². The van der Waals surface area contributed by atoms with Gasteiger partial charge in [-0.3, -0.25) is 0 Å². The van der Waals surface area contributed by atoms with Gasteiger partial charge in [0.1, 0.15) is 6.04 Å². The molecule has 1 unspecified atom stereocenters. The summed E-state index contributed by atoms with van der Waals surface area (Å²) in [7, 11) is 2.50. The van der Waals surface area contributed by atoms with E-state index in [1.54, 1.807) is 0 Å². The lowest BCUT2D eigenvalue weighted by molar-refractivity contribution is -0.264. The zero-order valence-corrected chi connectivity index (χ0v) is 7.64. The van der Waals surface area contributed by atoms with Gasteiger partial charge in [-0.05, 0) is 5.92 Å². The predicted molar refractivity (Wildman–Crippen MR) is 39.5 cm³/mol. The minimum absolute atomic E-state index is 0.519. The van der Waals surface area contributed by atoms with Crippen LogP contribution in [-0.2, 0) is 4.84 Å². The second-order valence-corrected chi connectivity index (χ2v) is 2.96. The van der Waals surface area contributed by atoms with Crippen molar-refractivity contribution in [1.82, 2.24) is 5.06 Å². The summed E-state index contributed by atoms with van der Waals surface area (Å²) in [5.74, 6) is -0.519. The molecule has 0 heterocycles. The van der Waals surface area contributed by atoms with E-state index >= 15 is 0 Å². The number of hydrogen-bond acceptors (Lipinski definition) is 2. The Morgan fingerprint density at radius 1 is 1.25 bits per heavy atom. The van der Waals surface area contributed by atoms with Crippen molar-refractivity contribution in [3.05, 3.63) is 0 Å². The first kappa shape index (κ1) is 11.7. The number of alkyl halides is 3. The summed E-state index contributed by atoms with van der Waals surface area (Å²) < 4.78 is 36.9. The van der Waals surface area contributed by atoms with Crippen LogP contribution in [0.15, 0.2) is 0 Å². The average Bonchev–Trinajstić information content (AvgIpc) is 1.83. The van der Waals surface area contributed by atoms with Gasteiger partial charge in [-0.2, -0.15) is 18.2 Å². The Balaban J connectivity index is 4.44. The van der Waals surface area contributed by atoms with Crippen molar-refractivity contribution in [3.8, 4) is 0 Å². The van der Waals surface area contributed by atoms with Crippen molar-refractivity contribution in [1.29, 1.82) is 0 Å². The van der Waals surface area contributed by atoms with Crippen LogP contribution in [0, 0.1) is 5.92 Å². The third-order valence-corrected chi connectivity index (χ3v) is 1.65. The molecule has 0 bridgehead atoms. The summed E-state index contributed by atoms with van der Waals surface area (Å²) in [6.45, 7) is 3.02.